The molecule has 1 aromatic carbocycles. The highest BCUT2D eigenvalue weighted by molar-refractivity contribution is 5.76. The second-order valence-electron chi connectivity index (χ2n) is 6.25. The molecule has 0 radical (unpaired) electrons. The van der Waals surface area contributed by atoms with Crippen molar-refractivity contribution in [1.82, 2.24) is 25.5 Å². The third-order valence-electron chi connectivity index (χ3n) is 4.40. The van der Waals surface area contributed by atoms with Gasteiger partial charge in [-0.3, -0.25) is 4.79 Å². The SMILES string of the molecule is Cc1ccc(-c2nnn(CC(=O)NC3(CN)CCCC3)n2)cc1. The maximum absolute atomic E-state index is 12.2. The van der Waals surface area contributed by atoms with Crippen LogP contribution < -0.4 is 11.1 Å². The maximum Gasteiger partial charge on any atom is 0.244 e. The molecule has 23 heavy (non-hydrogen) atoms. The third-order valence-corrected chi connectivity index (χ3v) is 4.40. The highest BCUT2D eigenvalue weighted by Crippen LogP contribution is 2.28. The molecule has 3 rings (SSSR count). The van der Waals surface area contributed by atoms with Gasteiger partial charge in [-0.25, -0.2) is 0 Å². The molecule has 1 fully saturated rings. The lowest BCUT2D eigenvalue weighted by Gasteiger charge is -2.28. The Balaban J connectivity index is 1.64. The Hall–Kier alpha value is -2.28. The first-order chi connectivity index (χ1) is 11.1. The molecule has 1 aliphatic rings. The summed E-state index contributed by atoms with van der Waals surface area (Å²) in [6.45, 7) is 2.55. The van der Waals surface area contributed by atoms with Gasteiger partial charge in [0, 0.05) is 12.1 Å². The van der Waals surface area contributed by atoms with E-state index in [0.717, 1.165) is 31.2 Å². The van der Waals surface area contributed by atoms with E-state index in [4.69, 9.17) is 5.73 Å². The fourth-order valence-electron chi connectivity index (χ4n) is 3.02. The summed E-state index contributed by atoms with van der Waals surface area (Å²) < 4.78 is 0. The summed E-state index contributed by atoms with van der Waals surface area (Å²) in [7, 11) is 0. The van der Waals surface area contributed by atoms with Crippen molar-refractivity contribution in [3.63, 3.8) is 0 Å². The van der Waals surface area contributed by atoms with E-state index < -0.39 is 0 Å². The molecular formula is C16H22N6O. The minimum absolute atomic E-state index is 0.0562. The molecule has 0 bridgehead atoms. The Morgan fingerprint density at radius 1 is 1.30 bits per heavy atom. The standard InChI is InChI=1S/C16H22N6O/c1-12-4-6-13(7-5-12)15-19-21-22(20-15)10-14(23)18-16(11-17)8-2-3-9-16/h4-7H,2-3,8-11,17H2,1H3,(H,18,23). The zero-order valence-corrected chi connectivity index (χ0v) is 13.3. The molecule has 122 valence electrons. The van der Waals surface area contributed by atoms with Crippen LogP contribution in [0.4, 0.5) is 0 Å². The predicted octanol–water partition coefficient (Wildman–Crippen LogP) is 1.04. The first-order valence-corrected chi connectivity index (χ1v) is 7.96. The number of carbonyl (C=O) groups is 1. The van der Waals surface area contributed by atoms with Crippen molar-refractivity contribution in [2.45, 2.75) is 44.7 Å². The molecule has 1 heterocycles. The maximum atomic E-state index is 12.2. The van der Waals surface area contributed by atoms with Crippen LogP contribution in [0.5, 0.6) is 0 Å². The van der Waals surface area contributed by atoms with E-state index in [2.05, 4.69) is 20.7 Å². The van der Waals surface area contributed by atoms with Crippen molar-refractivity contribution in [1.29, 1.82) is 0 Å². The van der Waals surface area contributed by atoms with E-state index in [0.29, 0.717) is 12.4 Å². The summed E-state index contributed by atoms with van der Waals surface area (Å²) in [5.41, 5.74) is 7.64. The van der Waals surface area contributed by atoms with Gasteiger partial charge >= 0.3 is 0 Å². The Morgan fingerprint density at radius 2 is 2.00 bits per heavy atom. The van der Waals surface area contributed by atoms with Crippen molar-refractivity contribution in [2.75, 3.05) is 6.54 Å². The molecular weight excluding hydrogens is 292 g/mol. The van der Waals surface area contributed by atoms with Crippen LogP contribution in [-0.4, -0.2) is 38.2 Å². The highest BCUT2D eigenvalue weighted by Gasteiger charge is 2.33. The Kier molecular flexibility index (Phi) is 4.38. The van der Waals surface area contributed by atoms with Gasteiger partial charge in [0.25, 0.3) is 0 Å². The Bertz CT molecular complexity index is 672. The summed E-state index contributed by atoms with van der Waals surface area (Å²) in [4.78, 5) is 13.6. The predicted molar refractivity (Wildman–Crippen MR) is 86.4 cm³/mol. The molecule has 3 N–H and O–H groups in total. The lowest BCUT2D eigenvalue weighted by atomic mass is 9.98. The molecule has 2 aromatic rings. The zero-order valence-electron chi connectivity index (χ0n) is 13.3. The smallest absolute Gasteiger partial charge is 0.244 e. The number of nitrogens with zero attached hydrogens (tertiary/aromatic N) is 4. The van der Waals surface area contributed by atoms with E-state index in [1.807, 2.05) is 31.2 Å². The number of aromatic nitrogens is 4. The van der Waals surface area contributed by atoms with Gasteiger partial charge < -0.3 is 11.1 Å². The monoisotopic (exact) mass is 314 g/mol. The first kappa shape index (κ1) is 15.6. The van der Waals surface area contributed by atoms with Crippen LogP contribution in [0.25, 0.3) is 11.4 Å². The normalized spacial score (nSPS) is 16.4. The summed E-state index contributed by atoms with van der Waals surface area (Å²) in [5, 5.41) is 15.3. The summed E-state index contributed by atoms with van der Waals surface area (Å²) >= 11 is 0. The number of benzene rings is 1. The molecule has 0 aliphatic heterocycles. The summed E-state index contributed by atoms with van der Waals surface area (Å²) in [5.74, 6) is 0.400. The largest absolute Gasteiger partial charge is 0.348 e. The van der Waals surface area contributed by atoms with Gasteiger partial charge in [-0.2, -0.15) is 4.80 Å². The first-order valence-electron chi connectivity index (χ1n) is 7.96. The minimum atomic E-state index is -0.253. The van der Waals surface area contributed by atoms with Crippen LogP contribution in [0.2, 0.25) is 0 Å². The third kappa shape index (κ3) is 3.56. The number of tetrazole rings is 1. The van der Waals surface area contributed by atoms with Crippen molar-refractivity contribution in [2.24, 2.45) is 5.73 Å². The van der Waals surface area contributed by atoms with Crippen molar-refractivity contribution in [3.8, 4) is 11.4 Å². The lowest BCUT2D eigenvalue weighted by Crippen LogP contribution is -2.52. The van der Waals surface area contributed by atoms with Gasteiger partial charge in [0.1, 0.15) is 6.54 Å². The number of carbonyl (C=O) groups excluding carboxylic acids is 1. The number of nitrogens with one attached hydrogen (secondary N) is 1. The molecule has 7 nitrogen and oxygen atoms in total. The Labute approximate surface area is 135 Å². The van der Waals surface area contributed by atoms with Crippen molar-refractivity contribution < 1.29 is 4.79 Å². The number of rotatable bonds is 5. The highest BCUT2D eigenvalue weighted by atomic mass is 16.2. The summed E-state index contributed by atoms with van der Waals surface area (Å²) in [6.07, 6.45) is 4.09. The van der Waals surface area contributed by atoms with Crippen molar-refractivity contribution in [3.05, 3.63) is 29.8 Å². The average molecular weight is 314 g/mol. The van der Waals surface area contributed by atoms with Crippen LogP contribution in [0, 0.1) is 6.92 Å². The molecule has 0 saturated heterocycles. The van der Waals surface area contributed by atoms with Crippen LogP contribution >= 0.6 is 0 Å². The van der Waals surface area contributed by atoms with Crippen LogP contribution in [-0.2, 0) is 11.3 Å². The number of nitrogens with two attached hydrogens (primary N) is 1. The van der Waals surface area contributed by atoms with E-state index in [1.165, 1.54) is 10.4 Å². The van der Waals surface area contributed by atoms with Crippen LogP contribution in [0.3, 0.4) is 0 Å². The summed E-state index contributed by atoms with van der Waals surface area (Å²) in [6, 6.07) is 7.87. The molecule has 1 amide bonds. The molecule has 0 spiro atoms. The van der Waals surface area contributed by atoms with Gasteiger partial charge in [-0.05, 0) is 25.0 Å². The van der Waals surface area contributed by atoms with Crippen LogP contribution in [0.1, 0.15) is 31.2 Å². The van der Waals surface area contributed by atoms with Gasteiger partial charge in [-0.15, -0.1) is 10.2 Å². The van der Waals surface area contributed by atoms with E-state index in [1.54, 1.807) is 0 Å². The molecule has 1 aromatic heterocycles. The minimum Gasteiger partial charge on any atom is -0.348 e. The fourth-order valence-corrected chi connectivity index (χ4v) is 3.02. The molecule has 0 atom stereocenters. The van der Waals surface area contributed by atoms with Gasteiger partial charge in [-0.1, -0.05) is 42.7 Å². The average Bonchev–Trinajstić information content (AvgIpc) is 3.18. The number of hydrogen-bond acceptors (Lipinski definition) is 5. The molecule has 1 saturated carbocycles. The van der Waals surface area contributed by atoms with Crippen LogP contribution in [0.15, 0.2) is 24.3 Å². The molecule has 0 unspecified atom stereocenters. The zero-order chi connectivity index (χ0) is 16.3. The number of hydrogen-bond donors (Lipinski definition) is 2. The quantitative estimate of drug-likeness (QED) is 0.859. The molecule has 1 aliphatic carbocycles. The second kappa shape index (κ2) is 6.45. The van der Waals surface area contributed by atoms with Gasteiger partial charge in [0.2, 0.25) is 11.7 Å². The topological polar surface area (TPSA) is 98.7 Å². The number of amides is 1. The van der Waals surface area contributed by atoms with E-state index in [-0.39, 0.29) is 18.0 Å². The molecule has 7 heteroatoms. The Morgan fingerprint density at radius 3 is 2.65 bits per heavy atom. The van der Waals surface area contributed by atoms with E-state index in [9.17, 15) is 4.79 Å². The van der Waals surface area contributed by atoms with Gasteiger partial charge in [0.05, 0.1) is 5.54 Å². The van der Waals surface area contributed by atoms with Crippen molar-refractivity contribution >= 4 is 5.91 Å². The number of aryl methyl sites for hydroxylation is 1. The second-order valence-corrected chi connectivity index (χ2v) is 6.25. The van der Waals surface area contributed by atoms with E-state index >= 15 is 0 Å². The lowest BCUT2D eigenvalue weighted by molar-refractivity contribution is -0.123. The van der Waals surface area contributed by atoms with Gasteiger partial charge in [0.15, 0.2) is 0 Å². The fraction of sp³-hybridized carbons (Fsp3) is 0.500.